The third kappa shape index (κ3) is 5.05. The second-order valence-corrected chi connectivity index (χ2v) is 8.26. The SMILES string of the molecule is O=C(Nc1cccc(C(F)(F)F)c1)c1cccc(NC2=C(Cl)C(=O)N(c3ccc(F)c(Cl)c3)C2=O)c1. The second-order valence-electron chi connectivity index (χ2n) is 7.47. The number of alkyl halides is 3. The molecule has 0 spiro atoms. The molecule has 0 saturated carbocycles. The lowest BCUT2D eigenvalue weighted by Crippen LogP contribution is -2.32. The Hall–Kier alpha value is -3.89. The standard InChI is InChI=1S/C24H13Cl2F4N3O3/c25-17-11-16(7-8-18(17)27)33-22(35)19(26)20(23(33)36)31-14-5-1-3-12(9-14)21(34)32-15-6-2-4-13(10-15)24(28,29)30/h1-11,31H,(H,32,34). The summed E-state index contributed by atoms with van der Waals surface area (Å²) in [6, 6.07) is 13.1. The van der Waals surface area contributed by atoms with Gasteiger partial charge in [-0.05, 0) is 54.6 Å². The molecule has 0 unspecified atom stereocenters. The van der Waals surface area contributed by atoms with E-state index in [1.807, 2.05) is 0 Å². The minimum atomic E-state index is -4.57. The highest BCUT2D eigenvalue weighted by atomic mass is 35.5. The van der Waals surface area contributed by atoms with Gasteiger partial charge in [-0.3, -0.25) is 14.4 Å². The third-order valence-corrected chi connectivity index (χ3v) is 5.67. The summed E-state index contributed by atoms with van der Waals surface area (Å²) in [5.41, 5.74) is -1.04. The molecule has 2 N–H and O–H groups in total. The van der Waals surface area contributed by atoms with E-state index in [1.54, 1.807) is 0 Å². The summed E-state index contributed by atoms with van der Waals surface area (Å²) in [6.07, 6.45) is -4.57. The number of halogens is 6. The average Bonchev–Trinajstić information content (AvgIpc) is 3.04. The highest BCUT2D eigenvalue weighted by Crippen LogP contribution is 2.33. The molecule has 36 heavy (non-hydrogen) atoms. The molecule has 3 aromatic rings. The number of imide groups is 1. The summed E-state index contributed by atoms with van der Waals surface area (Å²) in [4.78, 5) is 38.8. The first-order valence-corrected chi connectivity index (χ1v) is 10.8. The zero-order chi connectivity index (χ0) is 26.2. The first kappa shape index (κ1) is 25.2. The number of carbonyl (C=O) groups is 3. The number of benzene rings is 3. The van der Waals surface area contributed by atoms with Crippen LogP contribution in [0.15, 0.2) is 77.5 Å². The summed E-state index contributed by atoms with van der Waals surface area (Å²) in [7, 11) is 0. The maximum absolute atomic E-state index is 13.5. The van der Waals surface area contributed by atoms with Crippen molar-refractivity contribution in [1.82, 2.24) is 0 Å². The molecule has 184 valence electrons. The fourth-order valence-electron chi connectivity index (χ4n) is 3.33. The van der Waals surface area contributed by atoms with E-state index in [4.69, 9.17) is 23.2 Å². The molecule has 0 bridgehead atoms. The van der Waals surface area contributed by atoms with Crippen molar-refractivity contribution in [2.24, 2.45) is 0 Å². The van der Waals surface area contributed by atoms with Crippen molar-refractivity contribution < 1.29 is 31.9 Å². The Labute approximate surface area is 211 Å². The van der Waals surface area contributed by atoms with Crippen molar-refractivity contribution in [2.75, 3.05) is 15.5 Å². The first-order chi connectivity index (χ1) is 17.0. The number of nitrogens with one attached hydrogen (secondary N) is 2. The molecular weight excluding hydrogens is 525 g/mol. The van der Waals surface area contributed by atoms with Crippen LogP contribution < -0.4 is 15.5 Å². The number of nitrogens with zero attached hydrogens (tertiary/aromatic N) is 1. The molecule has 1 aliphatic heterocycles. The van der Waals surface area contributed by atoms with E-state index in [0.717, 1.165) is 30.3 Å². The van der Waals surface area contributed by atoms with Crippen LogP contribution in [0, 0.1) is 5.82 Å². The van der Waals surface area contributed by atoms with E-state index in [0.29, 0.717) is 4.90 Å². The lowest BCUT2D eigenvalue weighted by molar-refractivity contribution is -0.137. The van der Waals surface area contributed by atoms with Crippen LogP contribution >= 0.6 is 23.2 Å². The van der Waals surface area contributed by atoms with Crippen LogP contribution in [0.1, 0.15) is 15.9 Å². The van der Waals surface area contributed by atoms with E-state index in [2.05, 4.69) is 10.6 Å². The van der Waals surface area contributed by atoms with Crippen LogP contribution in [0.3, 0.4) is 0 Å². The van der Waals surface area contributed by atoms with Gasteiger partial charge in [0.1, 0.15) is 16.5 Å². The molecule has 4 rings (SSSR count). The lowest BCUT2D eigenvalue weighted by Gasteiger charge is -2.15. The summed E-state index contributed by atoms with van der Waals surface area (Å²) >= 11 is 11.8. The first-order valence-electron chi connectivity index (χ1n) is 10.0. The Kier molecular flexibility index (Phi) is 6.75. The van der Waals surface area contributed by atoms with Crippen LogP contribution in [-0.4, -0.2) is 17.7 Å². The van der Waals surface area contributed by atoms with E-state index < -0.39 is 40.3 Å². The van der Waals surface area contributed by atoms with Gasteiger partial charge in [0.25, 0.3) is 17.7 Å². The molecule has 0 atom stereocenters. The highest BCUT2D eigenvalue weighted by molar-refractivity contribution is 6.53. The Bertz CT molecular complexity index is 1440. The highest BCUT2D eigenvalue weighted by Gasteiger charge is 2.39. The number of hydrogen-bond acceptors (Lipinski definition) is 4. The molecule has 0 radical (unpaired) electrons. The molecule has 0 saturated heterocycles. The number of anilines is 3. The van der Waals surface area contributed by atoms with Crippen molar-refractivity contribution in [3.8, 4) is 0 Å². The summed E-state index contributed by atoms with van der Waals surface area (Å²) in [5, 5.41) is 4.32. The zero-order valence-electron chi connectivity index (χ0n) is 17.8. The van der Waals surface area contributed by atoms with Crippen molar-refractivity contribution in [1.29, 1.82) is 0 Å². The van der Waals surface area contributed by atoms with E-state index in [9.17, 15) is 31.9 Å². The molecule has 3 amide bonds. The zero-order valence-corrected chi connectivity index (χ0v) is 19.3. The second kappa shape index (κ2) is 9.63. The van der Waals surface area contributed by atoms with Gasteiger partial charge in [-0.2, -0.15) is 13.2 Å². The summed E-state index contributed by atoms with van der Waals surface area (Å²) < 4.78 is 52.3. The van der Waals surface area contributed by atoms with Gasteiger partial charge in [0, 0.05) is 16.9 Å². The molecule has 6 nitrogen and oxygen atoms in total. The van der Waals surface area contributed by atoms with E-state index in [-0.39, 0.29) is 33.3 Å². The normalized spacial score (nSPS) is 13.9. The average molecular weight is 538 g/mol. The topological polar surface area (TPSA) is 78.5 Å². The monoisotopic (exact) mass is 537 g/mol. The van der Waals surface area contributed by atoms with Gasteiger partial charge in [0.15, 0.2) is 0 Å². The van der Waals surface area contributed by atoms with Crippen molar-refractivity contribution in [3.05, 3.63) is 99.4 Å². The van der Waals surface area contributed by atoms with E-state index >= 15 is 0 Å². The number of hydrogen-bond donors (Lipinski definition) is 2. The van der Waals surface area contributed by atoms with Crippen LogP contribution in [0.4, 0.5) is 34.6 Å². The third-order valence-electron chi connectivity index (χ3n) is 5.03. The smallest absolute Gasteiger partial charge is 0.350 e. The maximum atomic E-state index is 13.5. The van der Waals surface area contributed by atoms with Gasteiger partial charge >= 0.3 is 6.18 Å². The number of rotatable bonds is 5. The molecule has 1 aliphatic rings. The van der Waals surface area contributed by atoms with Gasteiger partial charge in [0.05, 0.1) is 16.3 Å². The molecule has 0 fully saturated rings. The maximum Gasteiger partial charge on any atom is 0.416 e. The Balaban J connectivity index is 1.53. The predicted octanol–water partition coefficient (Wildman–Crippen LogP) is 6.19. The fraction of sp³-hybridized carbons (Fsp3) is 0.0417. The van der Waals surface area contributed by atoms with Crippen molar-refractivity contribution in [3.63, 3.8) is 0 Å². The van der Waals surface area contributed by atoms with Crippen LogP contribution in [0.25, 0.3) is 0 Å². The Morgan fingerprint density at radius 3 is 2.25 bits per heavy atom. The Morgan fingerprint density at radius 2 is 1.56 bits per heavy atom. The molecule has 1 heterocycles. The minimum Gasteiger partial charge on any atom is -0.350 e. The Morgan fingerprint density at radius 1 is 0.861 bits per heavy atom. The van der Waals surface area contributed by atoms with Gasteiger partial charge in [0.2, 0.25) is 0 Å². The van der Waals surface area contributed by atoms with Gasteiger partial charge in [-0.1, -0.05) is 35.3 Å². The molecular formula is C24H13Cl2F4N3O3. The van der Waals surface area contributed by atoms with Crippen LogP contribution in [0.5, 0.6) is 0 Å². The number of carbonyl (C=O) groups excluding carboxylic acids is 3. The quantitative estimate of drug-likeness (QED) is 0.300. The molecule has 12 heteroatoms. The molecule has 3 aromatic carbocycles. The van der Waals surface area contributed by atoms with Gasteiger partial charge in [-0.25, -0.2) is 9.29 Å². The van der Waals surface area contributed by atoms with Crippen molar-refractivity contribution >= 4 is 58.0 Å². The molecule has 0 aromatic heterocycles. The van der Waals surface area contributed by atoms with Gasteiger partial charge in [-0.15, -0.1) is 0 Å². The van der Waals surface area contributed by atoms with Crippen LogP contribution in [-0.2, 0) is 15.8 Å². The minimum absolute atomic E-state index is 0.000524. The summed E-state index contributed by atoms with van der Waals surface area (Å²) in [6.45, 7) is 0. The number of amides is 3. The van der Waals surface area contributed by atoms with E-state index in [1.165, 1.54) is 36.4 Å². The molecule has 0 aliphatic carbocycles. The summed E-state index contributed by atoms with van der Waals surface area (Å²) in [5.74, 6) is -3.16. The largest absolute Gasteiger partial charge is 0.416 e. The predicted molar refractivity (Wildman–Crippen MR) is 126 cm³/mol. The fourth-order valence-corrected chi connectivity index (χ4v) is 3.72. The van der Waals surface area contributed by atoms with Gasteiger partial charge < -0.3 is 10.6 Å². The van der Waals surface area contributed by atoms with Crippen molar-refractivity contribution in [2.45, 2.75) is 6.18 Å². The lowest BCUT2D eigenvalue weighted by atomic mass is 10.1. The van der Waals surface area contributed by atoms with Crippen LogP contribution in [0.2, 0.25) is 5.02 Å².